The molecule has 0 fully saturated rings. The van der Waals surface area contributed by atoms with E-state index < -0.39 is 0 Å². The second kappa shape index (κ2) is 4.90. The molecule has 0 unspecified atom stereocenters. The first-order valence-corrected chi connectivity index (χ1v) is 5.31. The standard InChI is InChI=1S/C12H14N2O2/c15-9-11-6-7-12(16)14(13-11)8-10-4-2-1-3-5-10/h1-5,15H,6-9H2. The second-order valence-electron chi connectivity index (χ2n) is 3.76. The van der Waals surface area contributed by atoms with E-state index in [9.17, 15) is 4.79 Å². The van der Waals surface area contributed by atoms with Crippen LogP contribution < -0.4 is 0 Å². The maximum absolute atomic E-state index is 11.6. The van der Waals surface area contributed by atoms with E-state index in [0.29, 0.717) is 25.1 Å². The molecule has 1 aromatic rings. The summed E-state index contributed by atoms with van der Waals surface area (Å²) in [6, 6.07) is 9.71. The van der Waals surface area contributed by atoms with Gasteiger partial charge in [-0.2, -0.15) is 5.10 Å². The van der Waals surface area contributed by atoms with Gasteiger partial charge < -0.3 is 5.11 Å². The molecule has 1 heterocycles. The van der Waals surface area contributed by atoms with Gasteiger partial charge in [-0.3, -0.25) is 4.79 Å². The third-order valence-electron chi connectivity index (χ3n) is 2.54. The van der Waals surface area contributed by atoms with Crippen LogP contribution in [0.2, 0.25) is 0 Å². The zero-order valence-electron chi connectivity index (χ0n) is 8.97. The highest BCUT2D eigenvalue weighted by molar-refractivity contribution is 5.93. The second-order valence-corrected chi connectivity index (χ2v) is 3.76. The van der Waals surface area contributed by atoms with Gasteiger partial charge in [-0.1, -0.05) is 30.3 Å². The Balaban J connectivity index is 2.11. The Morgan fingerprint density at radius 1 is 1.25 bits per heavy atom. The number of hydrogen-bond donors (Lipinski definition) is 1. The Labute approximate surface area is 94.2 Å². The molecule has 1 N–H and O–H groups in total. The van der Waals surface area contributed by atoms with Gasteiger partial charge in [-0.05, 0) is 12.0 Å². The van der Waals surface area contributed by atoms with Crippen LogP contribution in [-0.2, 0) is 11.3 Å². The fourth-order valence-corrected chi connectivity index (χ4v) is 1.65. The van der Waals surface area contributed by atoms with E-state index in [0.717, 1.165) is 5.56 Å². The molecule has 16 heavy (non-hydrogen) atoms. The Bertz CT molecular complexity index is 401. The zero-order chi connectivity index (χ0) is 11.4. The van der Waals surface area contributed by atoms with E-state index in [2.05, 4.69) is 5.10 Å². The summed E-state index contributed by atoms with van der Waals surface area (Å²) < 4.78 is 0. The summed E-state index contributed by atoms with van der Waals surface area (Å²) in [5.41, 5.74) is 1.72. The number of carbonyl (C=O) groups excluding carboxylic acids is 1. The van der Waals surface area contributed by atoms with Crippen molar-refractivity contribution < 1.29 is 9.90 Å². The Hall–Kier alpha value is -1.68. The first kappa shape index (κ1) is 10.8. The monoisotopic (exact) mass is 218 g/mol. The first-order chi connectivity index (χ1) is 7.79. The van der Waals surface area contributed by atoms with Crippen molar-refractivity contribution in [2.24, 2.45) is 5.10 Å². The minimum Gasteiger partial charge on any atom is -0.390 e. The predicted molar refractivity (Wildman–Crippen MR) is 60.7 cm³/mol. The summed E-state index contributed by atoms with van der Waals surface area (Å²) in [6.45, 7) is 0.405. The van der Waals surface area contributed by atoms with E-state index in [4.69, 9.17) is 5.11 Å². The van der Waals surface area contributed by atoms with Gasteiger partial charge >= 0.3 is 0 Å². The highest BCUT2D eigenvalue weighted by Gasteiger charge is 2.19. The van der Waals surface area contributed by atoms with Crippen molar-refractivity contribution in [3.63, 3.8) is 0 Å². The Kier molecular flexibility index (Phi) is 3.31. The van der Waals surface area contributed by atoms with E-state index in [1.165, 1.54) is 5.01 Å². The largest absolute Gasteiger partial charge is 0.390 e. The summed E-state index contributed by atoms with van der Waals surface area (Å²) in [4.78, 5) is 11.6. The van der Waals surface area contributed by atoms with Gasteiger partial charge in [-0.25, -0.2) is 5.01 Å². The third-order valence-corrected chi connectivity index (χ3v) is 2.54. The molecule has 1 aliphatic rings. The van der Waals surface area contributed by atoms with Crippen molar-refractivity contribution in [2.45, 2.75) is 19.4 Å². The average Bonchev–Trinajstić information content (AvgIpc) is 2.33. The van der Waals surface area contributed by atoms with Crippen LogP contribution in [-0.4, -0.2) is 28.3 Å². The first-order valence-electron chi connectivity index (χ1n) is 5.31. The summed E-state index contributed by atoms with van der Waals surface area (Å²) in [5.74, 6) is 0.0149. The zero-order valence-corrected chi connectivity index (χ0v) is 8.97. The molecule has 0 aromatic heterocycles. The van der Waals surface area contributed by atoms with Crippen molar-refractivity contribution >= 4 is 11.6 Å². The van der Waals surface area contributed by atoms with Gasteiger partial charge in [0.2, 0.25) is 5.91 Å². The number of carbonyl (C=O) groups is 1. The molecule has 0 radical (unpaired) electrons. The highest BCUT2D eigenvalue weighted by atomic mass is 16.3. The van der Waals surface area contributed by atoms with E-state index in [1.807, 2.05) is 30.3 Å². The molecule has 2 rings (SSSR count). The van der Waals surface area contributed by atoms with Crippen LogP contribution in [0.1, 0.15) is 18.4 Å². The minimum absolute atomic E-state index is 0.0149. The smallest absolute Gasteiger partial charge is 0.243 e. The lowest BCUT2D eigenvalue weighted by molar-refractivity contribution is -0.132. The number of rotatable bonds is 3. The number of aliphatic hydroxyl groups is 1. The maximum Gasteiger partial charge on any atom is 0.243 e. The number of hydrogen-bond acceptors (Lipinski definition) is 3. The van der Waals surface area contributed by atoms with Gasteiger partial charge in [0.1, 0.15) is 0 Å². The SMILES string of the molecule is O=C1CCC(CO)=NN1Cc1ccccc1. The van der Waals surface area contributed by atoms with E-state index >= 15 is 0 Å². The Morgan fingerprint density at radius 2 is 2.00 bits per heavy atom. The highest BCUT2D eigenvalue weighted by Crippen LogP contribution is 2.13. The molecule has 84 valence electrons. The lowest BCUT2D eigenvalue weighted by atomic mass is 10.1. The van der Waals surface area contributed by atoms with Crippen LogP contribution in [0.4, 0.5) is 0 Å². The summed E-state index contributed by atoms with van der Waals surface area (Å²) >= 11 is 0. The number of aliphatic hydroxyl groups excluding tert-OH is 1. The van der Waals surface area contributed by atoms with Crippen LogP contribution in [0.5, 0.6) is 0 Å². The van der Waals surface area contributed by atoms with Gasteiger partial charge in [0, 0.05) is 6.42 Å². The molecule has 0 atom stereocenters. The molecule has 0 saturated carbocycles. The van der Waals surface area contributed by atoms with E-state index in [1.54, 1.807) is 0 Å². The summed E-state index contributed by atoms with van der Waals surface area (Å²) in [7, 11) is 0. The van der Waals surface area contributed by atoms with Crippen molar-refractivity contribution in [3.8, 4) is 0 Å². The number of hydrazone groups is 1. The lowest BCUT2D eigenvalue weighted by Crippen LogP contribution is -2.32. The fraction of sp³-hybridized carbons (Fsp3) is 0.333. The number of amides is 1. The van der Waals surface area contributed by atoms with Crippen molar-refractivity contribution in [2.75, 3.05) is 6.61 Å². The van der Waals surface area contributed by atoms with Crippen LogP contribution in [0.15, 0.2) is 35.4 Å². The third kappa shape index (κ3) is 2.46. The van der Waals surface area contributed by atoms with Gasteiger partial charge in [0.05, 0.1) is 18.9 Å². The van der Waals surface area contributed by atoms with Gasteiger partial charge in [0.15, 0.2) is 0 Å². The van der Waals surface area contributed by atoms with Gasteiger partial charge in [-0.15, -0.1) is 0 Å². The van der Waals surface area contributed by atoms with Crippen molar-refractivity contribution in [3.05, 3.63) is 35.9 Å². The molecule has 1 aromatic carbocycles. The molecule has 1 aliphatic heterocycles. The molecule has 0 bridgehead atoms. The molecular weight excluding hydrogens is 204 g/mol. The molecule has 4 heteroatoms. The van der Waals surface area contributed by atoms with Crippen LogP contribution in [0, 0.1) is 0 Å². The number of nitrogens with zero attached hydrogens (tertiary/aromatic N) is 2. The van der Waals surface area contributed by atoms with Crippen LogP contribution in [0.25, 0.3) is 0 Å². The molecular formula is C12H14N2O2. The van der Waals surface area contributed by atoms with Crippen molar-refractivity contribution in [1.29, 1.82) is 0 Å². The molecule has 1 amide bonds. The number of benzene rings is 1. The Morgan fingerprint density at radius 3 is 2.69 bits per heavy atom. The van der Waals surface area contributed by atoms with Crippen LogP contribution in [0.3, 0.4) is 0 Å². The fourth-order valence-electron chi connectivity index (χ4n) is 1.65. The maximum atomic E-state index is 11.6. The van der Waals surface area contributed by atoms with E-state index in [-0.39, 0.29) is 12.5 Å². The van der Waals surface area contributed by atoms with Crippen LogP contribution >= 0.6 is 0 Å². The summed E-state index contributed by atoms with van der Waals surface area (Å²) in [5, 5.41) is 14.6. The predicted octanol–water partition coefficient (Wildman–Crippen LogP) is 1.16. The molecule has 0 aliphatic carbocycles. The van der Waals surface area contributed by atoms with Crippen molar-refractivity contribution in [1.82, 2.24) is 5.01 Å². The summed E-state index contributed by atoms with van der Waals surface area (Å²) in [6.07, 6.45) is 1.01. The minimum atomic E-state index is -0.0709. The quantitative estimate of drug-likeness (QED) is 0.827. The molecule has 0 spiro atoms. The average molecular weight is 218 g/mol. The topological polar surface area (TPSA) is 52.9 Å². The molecule has 4 nitrogen and oxygen atoms in total. The van der Waals surface area contributed by atoms with Gasteiger partial charge in [0.25, 0.3) is 0 Å². The normalized spacial score (nSPS) is 16.2. The lowest BCUT2D eigenvalue weighted by Gasteiger charge is -2.22. The molecule has 0 saturated heterocycles.